The van der Waals surface area contributed by atoms with Crippen molar-refractivity contribution in [2.45, 2.75) is 20.3 Å². The summed E-state index contributed by atoms with van der Waals surface area (Å²) in [7, 11) is 0. The van der Waals surface area contributed by atoms with Crippen LogP contribution >= 0.6 is 11.6 Å². The fraction of sp³-hybridized carbons (Fsp3) is 0.214. The second-order valence-corrected chi connectivity index (χ2v) is 4.77. The summed E-state index contributed by atoms with van der Waals surface area (Å²) in [5.41, 5.74) is 9.79. The lowest BCUT2D eigenvalue weighted by Crippen LogP contribution is -2.00. The van der Waals surface area contributed by atoms with Crippen molar-refractivity contribution in [1.82, 2.24) is 9.97 Å². The highest BCUT2D eigenvalue weighted by molar-refractivity contribution is 6.32. The van der Waals surface area contributed by atoms with E-state index in [1.807, 2.05) is 19.1 Å². The first-order valence-electron chi connectivity index (χ1n) is 5.84. The normalized spacial score (nSPS) is 10.5. The number of ketones is 1. The van der Waals surface area contributed by atoms with Gasteiger partial charge in [0.2, 0.25) is 0 Å². The summed E-state index contributed by atoms with van der Waals surface area (Å²) in [5.74, 6) is 0.0788. The van der Waals surface area contributed by atoms with Crippen molar-refractivity contribution in [3.63, 3.8) is 0 Å². The minimum atomic E-state index is 0.0788. The van der Waals surface area contributed by atoms with Gasteiger partial charge >= 0.3 is 0 Å². The average molecular weight is 276 g/mol. The molecule has 0 saturated heterocycles. The SMILES string of the molecule is CC(=O)Cc1cc(-c2cnc(Cl)c(N)c2C)ccn1. The van der Waals surface area contributed by atoms with Crippen molar-refractivity contribution < 1.29 is 4.79 Å². The number of nitrogens with zero attached hydrogens (tertiary/aromatic N) is 2. The van der Waals surface area contributed by atoms with E-state index in [4.69, 9.17) is 17.3 Å². The van der Waals surface area contributed by atoms with Crippen molar-refractivity contribution in [2.75, 3.05) is 5.73 Å². The van der Waals surface area contributed by atoms with Gasteiger partial charge in [0.15, 0.2) is 5.15 Å². The Morgan fingerprint density at radius 3 is 2.84 bits per heavy atom. The Morgan fingerprint density at radius 1 is 1.42 bits per heavy atom. The lowest BCUT2D eigenvalue weighted by Gasteiger charge is -2.10. The number of rotatable bonds is 3. The summed E-state index contributed by atoms with van der Waals surface area (Å²) in [6.45, 7) is 3.44. The maximum absolute atomic E-state index is 11.1. The number of hydrogen-bond acceptors (Lipinski definition) is 4. The molecule has 4 nitrogen and oxygen atoms in total. The van der Waals surface area contributed by atoms with Crippen molar-refractivity contribution in [1.29, 1.82) is 0 Å². The number of Topliss-reactive ketones (excluding diaryl/α,β-unsaturated/α-hetero) is 1. The summed E-state index contributed by atoms with van der Waals surface area (Å²) in [4.78, 5) is 19.4. The highest BCUT2D eigenvalue weighted by Gasteiger charge is 2.10. The monoisotopic (exact) mass is 275 g/mol. The molecule has 0 atom stereocenters. The van der Waals surface area contributed by atoms with Gasteiger partial charge in [-0.25, -0.2) is 4.98 Å². The average Bonchev–Trinajstić information content (AvgIpc) is 2.36. The molecule has 0 aliphatic heterocycles. The molecule has 5 heteroatoms. The molecule has 98 valence electrons. The molecule has 0 aromatic carbocycles. The third-order valence-electron chi connectivity index (χ3n) is 2.89. The van der Waals surface area contributed by atoms with E-state index in [0.717, 1.165) is 22.4 Å². The van der Waals surface area contributed by atoms with E-state index in [1.165, 1.54) is 0 Å². The summed E-state index contributed by atoms with van der Waals surface area (Å²) < 4.78 is 0. The third kappa shape index (κ3) is 2.90. The molecule has 19 heavy (non-hydrogen) atoms. The summed E-state index contributed by atoms with van der Waals surface area (Å²) in [6, 6.07) is 3.74. The first-order chi connectivity index (χ1) is 8.99. The molecule has 0 unspecified atom stereocenters. The smallest absolute Gasteiger partial charge is 0.152 e. The predicted molar refractivity (Wildman–Crippen MR) is 76.0 cm³/mol. The highest BCUT2D eigenvalue weighted by Crippen LogP contribution is 2.30. The van der Waals surface area contributed by atoms with Crippen LogP contribution in [0.2, 0.25) is 5.15 Å². The maximum Gasteiger partial charge on any atom is 0.152 e. The Kier molecular flexibility index (Phi) is 3.81. The molecule has 2 aromatic rings. The molecular formula is C14H14ClN3O. The van der Waals surface area contributed by atoms with Crippen LogP contribution in [0.4, 0.5) is 5.69 Å². The lowest BCUT2D eigenvalue weighted by atomic mass is 10.0. The number of carbonyl (C=O) groups is 1. The molecule has 0 saturated carbocycles. The van der Waals surface area contributed by atoms with Gasteiger partial charge in [0, 0.05) is 30.1 Å². The standard InChI is InChI=1S/C14H14ClN3O/c1-8(19)5-11-6-10(3-4-17-11)12-7-18-14(15)13(16)9(12)2/h3-4,6-7H,5,16H2,1-2H3. The van der Waals surface area contributed by atoms with Gasteiger partial charge in [0.05, 0.1) is 5.69 Å². The first-order valence-corrected chi connectivity index (χ1v) is 6.22. The fourth-order valence-electron chi connectivity index (χ4n) is 1.88. The largest absolute Gasteiger partial charge is 0.396 e. The van der Waals surface area contributed by atoms with Crippen LogP contribution in [-0.4, -0.2) is 15.8 Å². The third-order valence-corrected chi connectivity index (χ3v) is 3.20. The number of anilines is 1. The molecule has 0 aliphatic rings. The lowest BCUT2D eigenvalue weighted by molar-refractivity contribution is -0.116. The summed E-state index contributed by atoms with van der Waals surface area (Å²) in [6.07, 6.45) is 3.68. The van der Waals surface area contributed by atoms with Crippen LogP contribution in [0.25, 0.3) is 11.1 Å². The van der Waals surface area contributed by atoms with Gasteiger partial charge in [-0.05, 0) is 37.1 Å². The topological polar surface area (TPSA) is 68.9 Å². The van der Waals surface area contributed by atoms with E-state index in [2.05, 4.69) is 9.97 Å². The van der Waals surface area contributed by atoms with E-state index in [0.29, 0.717) is 17.3 Å². The Balaban J connectivity index is 2.47. The van der Waals surface area contributed by atoms with E-state index < -0.39 is 0 Å². The Hall–Kier alpha value is -1.94. The van der Waals surface area contributed by atoms with Gasteiger partial charge in [0.25, 0.3) is 0 Å². The molecule has 0 radical (unpaired) electrons. The maximum atomic E-state index is 11.1. The van der Waals surface area contributed by atoms with Gasteiger partial charge in [-0.1, -0.05) is 11.6 Å². The molecule has 2 aromatic heterocycles. The van der Waals surface area contributed by atoms with E-state index in [9.17, 15) is 4.79 Å². The van der Waals surface area contributed by atoms with Crippen LogP contribution in [0.5, 0.6) is 0 Å². The molecule has 0 bridgehead atoms. The van der Waals surface area contributed by atoms with Crippen LogP contribution in [0.15, 0.2) is 24.5 Å². The van der Waals surface area contributed by atoms with Crippen LogP contribution in [0.1, 0.15) is 18.2 Å². The second kappa shape index (κ2) is 5.36. The van der Waals surface area contributed by atoms with Crippen LogP contribution in [0, 0.1) is 6.92 Å². The Morgan fingerprint density at radius 2 is 2.16 bits per heavy atom. The minimum absolute atomic E-state index is 0.0788. The number of hydrogen-bond donors (Lipinski definition) is 1. The van der Waals surface area contributed by atoms with E-state index >= 15 is 0 Å². The molecule has 0 aliphatic carbocycles. The Labute approximate surface area is 116 Å². The number of carbonyl (C=O) groups excluding carboxylic acids is 1. The zero-order valence-corrected chi connectivity index (χ0v) is 11.5. The first kappa shape index (κ1) is 13.5. The van der Waals surface area contributed by atoms with Crippen molar-refractivity contribution in [2.24, 2.45) is 0 Å². The highest BCUT2D eigenvalue weighted by atomic mass is 35.5. The van der Waals surface area contributed by atoms with E-state index in [-0.39, 0.29) is 5.78 Å². The number of halogens is 1. The number of nitrogens with two attached hydrogens (primary N) is 1. The predicted octanol–water partition coefficient (Wildman–Crippen LogP) is 2.82. The number of aromatic nitrogens is 2. The van der Waals surface area contributed by atoms with Crippen LogP contribution in [0.3, 0.4) is 0 Å². The fourth-order valence-corrected chi connectivity index (χ4v) is 2.07. The molecule has 2 heterocycles. The van der Waals surface area contributed by atoms with Crippen LogP contribution in [-0.2, 0) is 11.2 Å². The van der Waals surface area contributed by atoms with Gasteiger partial charge in [-0.3, -0.25) is 9.78 Å². The zero-order valence-electron chi connectivity index (χ0n) is 10.8. The van der Waals surface area contributed by atoms with Gasteiger partial charge in [-0.15, -0.1) is 0 Å². The molecule has 0 spiro atoms. The molecular weight excluding hydrogens is 262 g/mol. The number of nitrogen functional groups attached to an aromatic ring is 1. The number of pyridine rings is 2. The molecule has 0 fully saturated rings. The van der Waals surface area contributed by atoms with Crippen LogP contribution < -0.4 is 5.73 Å². The minimum Gasteiger partial charge on any atom is -0.396 e. The van der Waals surface area contributed by atoms with Gasteiger partial charge in [-0.2, -0.15) is 0 Å². The van der Waals surface area contributed by atoms with Gasteiger partial charge in [0.1, 0.15) is 5.78 Å². The quantitative estimate of drug-likeness (QED) is 0.875. The van der Waals surface area contributed by atoms with E-state index in [1.54, 1.807) is 19.3 Å². The van der Waals surface area contributed by atoms with Crippen molar-refractivity contribution >= 4 is 23.1 Å². The molecule has 2 rings (SSSR count). The van der Waals surface area contributed by atoms with Gasteiger partial charge < -0.3 is 5.73 Å². The molecule has 2 N–H and O–H groups in total. The van der Waals surface area contributed by atoms with Crippen molar-refractivity contribution in [3.05, 3.63) is 40.9 Å². The summed E-state index contributed by atoms with van der Waals surface area (Å²) >= 11 is 5.88. The second-order valence-electron chi connectivity index (χ2n) is 4.42. The zero-order chi connectivity index (χ0) is 14.0. The van der Waals surface area contributed by atoms with Crippen molar-refractivity contribution in [3.8, 4) is 11.1 Å². The molecule has 0 amide bonds. The summed E-state index contributed by atoms with van der Waals surface area (Å²) in [5, 5.41) is 0.305. The Bertz CT molecular complexity index is 641.